The summed E-state index contributed by atoms with van der Waals surface area (Å²) in [4.78, 5) is 13.2. The van der Waals surface area contributed by atoms with Crippen molar-refractivity contribution in [3.05, 3.63) is 59.4 Å². The van der Waals surface area contributed by atoms with Gasteiger partial charge in [0.15, 0.2) is 0 Å². The summed E-state index contributed by atoms with van der Waals surface area (Å²) in [6, 6.07) is 11.2. The summed E-state index contributed by atoms with van der Waals surface area (Å²) in [5.74, 6) is -1.04. The Morgan fingerprint density at radius 1 is 1.12 bits per heavy atom. The summed E-state index contributed by atoms with van der Waals surface area (Å²) in [7, 11) is -4.04. The van der Waals surface area contributed by atoms with Gasteiger partial charge in [-0.25, -0.2) is 17.5 Å². The fourth-order valence-electron chi connectivity index (χ4n) is 2.60. The second kappa shape index (κ2) is 6.51. The normalized spacial score (nSPS) is 18.2. The Hall–Kier alpha value is -1.96. The van der Waals surface area contributed by atoms with Gasteiger partial charge in [0.05, 0.1) is 0 Å². The smallest absolute Gasteiger partial charge is 0.243 e. The molecule has 8 heteroatoms. The van der Waals surface area contributed by atoms with Crippen LogP contribution in [0.1, 0.15) is 6.42 Å². The van der Waals surface area contributed by atoms with Crippen LogP contribution in [0.4, 0.5) is 10.1 Å². The van der Waals surface area contributed by atoms with Crippen molar-refractivity contribution in [2.45, 2.75) is 17.4 Å². The molecule has 1 aliphatic rings. The molecule has 1 heterocycles. The molecule has 0 aromatic heterocycles. The molecule has 0 aliphatic carbocycles. The number of sulfonamides is 1. The lowest BCUT2D eigenvalue weighted by Gasteiger charge is -2.17. The topological polar surface area (TPSA) is 66.5 Å². The molecule has 1 atom stereocenters. The summed E-state index contributed by atoms with van der Waals surface area (Å²) < 4.78 is 40.7. The first-order valence-corrected chi connectivity index (χ1v) is 9.06. The number of hydrogen-bond donors (Lipinski definition) is 1. The highest BCUT2D eigenvalue weighted by molar-refractivity contribution is 7.89. The van der Waals surface area contributed by atoms with E-state index in [4.69, 9.17) is 11.6 Å². The van der Waals surface area contributed by atoms with Crippen molar-refractivity contribution in [3.8, 4) is 0 Å². The van der Waals surface area contributed by atoms with Crippen LogP contribution in [0.3, 0.4) is 0 Å². The summed E-state index contributed by atoms with van der Waals surface area (Å²) in [6.07, 6.45) is 0.0102. The highest BCUT2D eigenvalue weighted by Crippen LogP contribution is 2.24. The largest absolute Gasteiger partial charge is 0.311 e. The van der Waals surface area contributed by atoms with E-state index in [1.807, 2.05) is 0 Å². The summed E-state index contributed by atoms with van der Waals surface area (Å²) >= 11 is 5.82. The van der Waals surface area contributed by atoms with E-state index in [1.54, 1.807) is 24.3 Å². The Morgan fingerprint density at radius 3 is 2.46 bits per heavy atom. The molecule has 24 heavy (non-hydrogen) atoms. The fourth-order valence-corrected chi connectivity index (χ4v) is 4.03. The molecule has 1 amide bonds. The number of rotatable bonds is 4. The highest BCUT2D eigenvalue weighted by Gasteiger charge is 2.34. The third-order valence-corrected chi connectivity index (χ3v) is 5.52. The van der Waals surface area contributed by atoms with Crippen molar-refractivity contribution in [1.29, 1.82) is 0 Å². The summed E-state index contributed by atoms with van der Waals surface area (Å²) in [5.41, 5.74) is 0.636. The summed E-state index contributed by atoms with van der Waals surface area (Å²) in [6.45, 7) is 0.175. The van der Waals surface area contributed by atoms with E-state index in [0.29, 0.717) is 10.7 Å². The van der Waals surface area contributed by atoms with Gasteiger partial charge in [0.25, 0.3) is 0 Å². The molecule has 2 aromatic rings. The van der Waals surface area contributed by atoms with Crippen LogP contribution in [0.2, 0.25) is 5.02 Å². The molecule has 1 saturated heterocycles. The van der Waals surface area contributed by atoms with Crippen molar-refractivity contribution < 1.29 is 17.6 Å². The van der Waals surface area contributed by atoms with Gasteiger partial charge < -0.3 is 4.90 Å². The van der Waals surface area contributed by atoms with Gasteiger partial charge >= 0.3 is 0 Å². The molecule has 126 valence electrons. The van der Waals surface area contributed by atoms with E-state index in [-0.39, 0.29) is 18.9 Å². The molecule has 3 rings (SSSR count). The predicted molar refractivity (Wildman–Crippen MR) is 88.9 cm³/mol. The van der Waals surface area contributed by atoms with Crippen molar-refractivity contribution >= 4 is 33.2 Å². The van der Waals surface area contributed by atoms with E-state index >= 15 is 0 Å². The number of carbonyl (C=O) groups excluding carboxylic acids is 1. The number of carbonyl (C=O) groups is 1. The molecule has 2 aromatic carbocycles. The van der Waals surface area contributed by atoms with E-state index in [1.165, 1.54) is 23.1 Å². The molecular weight excluding hydrogens is 355 g/mol. The lowest BCUT2D eigenvalue weighted by molar-refractivity contribution is -0.117. The van der Waals surface area contributed by atoms with Crippen molar-refractivity contribution in [2.24, 2.45) is 0 Å². The minimum atomic E-state index is -4.04. The van der Waals surface area contributed by atoms with Crippen LogP contribution < -0.4 is 9.62 Å². The monoisotopic (exact) mass is 368 g/mol. The zero-order chi connectivity index (χ0) is 17.3. The molecule has 1 fully saturated rings. The maximum atomic E-state index is 13.7. The first-order valence-electron chi connectivity index (χ1n) is 7.19. The molecular formula is C16H14ClFN2O3S. The third-order valence-electron chi connectivity index (χ3n) is 3.71. The lowest BCUT2D eigenvalue weighted by atomic mass is 10.3. The molecule has 5 nitrogen and oxygen atoms in total. The standard InChI is InChI=1S/C16H14ClFN2O3S/c17-11-5-7-13(8-6-11)20-10-12(9-16(20)21)19-24(22,23)15-4-2-1-3-14(15)18/h1-8,12,19H,9-10H2. The summed E-state index contributed by atoms with van der Waals surface area (Å²) in [5, 5.41) is 0.544. The van der Waals surface area contributed by atoms with Crippen LogP contribution in [0, 0.1) is 5.82 Å². The first kappa shape index (κ1) is 16.9. The van der Waals surface area contributed by atoms with Crippen LogP contribution >= 0.6 is 11.6 Å². The van der Waals surface area contributed by atoms with Crippen LogP contribution in [0.5, 0.6) is 0 Å². The predicted octanol–water partition coefficient (Wildman–Crippen LogP) is 2.56. The number of nitrogens with zero attached hydrogens (tertiary/aromatic N) is 1. The molecule has 0 spiro atoms. The Kier molecular flexibility index (Phi) is 4.58. The zero-order valence-corrected chi connectivity index (χ0v) is 14.0. The molecule has 1 unspecified atom stereocenters. The molecule has 1 aliphatic heterocycles. The maximum absolute atomic E-state index is 13.7. The van der Waals surface area contributed by atoms with E-state index in [2.05, 4.69) is 4.72 Å². The lowest BCUT2D eigenvalue weighted by Crippen LogP contribution is -2.37. The van der Waals surface area contributed by atoms with Gasteiger partial charge in [0.1, 0.15) is 10.7 Å². The molecule has 1 N–H and O–H groups in total. The highest BCUT2D eigenvalue weighted by atomic mass is 35.5. The third kappa shape index (κ3) is 3.43. The van der Waals surface area contributed by atoms with Crippen LogP contribution in [0.25, 0.3) is 0 Å². The average molecular weight is 369 g/mol. The van der Waals surface area contributed by atoms with Gasteiger partial charge in [-0.1, -0.05) is 23.7 Å². The van der Waals surface area contributed by atoms with Crippen LogP contribution in [0.15, 0.2) is 53.4 Å². The quantitative estimate of drug-likeness (QED) is 0.902. The van der Waals surface area contributed by atoms with E-state index in [0.717, 1.165) is 6.07 Å². The second-order valence-electron chi connectivity index (χ2n) is 5.43. The minimum Gasteiger partial charge on any atom is -0.311 e. The second-order valence-corrected chi connectivity index (χ2v) is 7.55. The average Bonchev–Trinajstić information content (AvgIpc) is 2.88. The van der Waals surface area contributed by atoms with Crippen molar-refractivity contribution in [3.63, 3.8) is 0 Å². The molecule has 0 bridgehead atoms. The van der Waals surface area contributed by atoms with Gasteiger partial charge in [0.2, 0.25) is 15.9 Å². The van der Waals surface area contributed by atoms with Crippen molar-refractivity contribution in [2.75, 3.05) is 11.4 Å². The maximum Gasteiger partial charge on any atom is 0.243 e. The van der Waals surface area contributed by atoms with E-state index < -0.39 is 26.8 Å². The van der Waals surface area contributed by atoms with Gasteiger partial charge in [-0.15, -0.1) is 0 Å². The number of hydrogen-bond acceptors (Lipinski definition) is 3. The Labute approximate surface area is 144 Å². The minimum absolute atomic E-state index is 0.0102. The number of nitrogens with one attached hydrogen (secondary N) is 1. The van der Waals surface area contributed by atoms with Gasteiger partial charge in [-0.05, 0) is 36.4 Å². The van der Waals surface area contributed by atoms with Crippen LogP contribution in [-0.2, 0) is 14.8 Å². The Balaban J connectivity index is 1.77. The number of benzene rings is 2. The Bertz CT molecular complexity index is 871. The fraction of sp³-hybridized carbons (Fsp3) is 0.188. The number of halogens is 2. The van der Waals surface area contributed by atoms with Gasteiger partial charge in [-0.3, -0.25) is 4.79 Å². The van der Waals surface area contributed by atoms with Gasteiger partial charge in [0, 0.05) is 29.7 Å². The SMILES string of the molecule is O=C1CC(NS(=O)(=O)c2ccccc2F)CN1c1ccc(Cl)cc1. The molecule has 0 saturated carbocycles. The van der Waals surface area contributed by atoms with Crippen molar-refractivity contribution in [1.82, 2.24) is 4.72 Å². The Morgan fingerprint density at radius 2 is 1.79 bits per heavy atom. The molecule has 0 radical (unpaired) electrons. The first-order chi connectivity index (χ1) is 11.4. The zero-order valence-electron chi connectivity index (χ0n) is 12.4. The van der Waals surface area contributed by atoms with E-state index in [9.17, 15) is 17.6 Å². The van der Waals surface area contributed by atoms with Crippen LogP contribution in [-0.4, -0.2) is 26.9 Å². The van der Waals surface area contributed by atoms with Gasteiger partial charge in [-0.2, -0.15) is 0 Å². The number of anilines is 1. The number of amides is 1.